The molecule has 0 radical (unpaired) electrons. The summed E-state index contributed by atoms with van der Waals surface area (Å²) in [5.74, 6) is 0.301. The van der Waals surface area contributed by atoms with Crippen LogP contribution in [-0.4, -0.2) is 22.0 Å². The van der Waals surface area contributed by atoms with Crippen LogP contribution in [0.25, 0.3) is 0 Å². The number of phenols is 1. The smallest absolute Gasteiger partial charge is 0.180 e. The van der Waals surface area contributed by atoms with E-state index in [9.17, 15) is 5.11 Å². The first-order chi connectivity index (χ1) is 8.56. The zero-order valence-electron chi connectivity index (χ0n) is 10.5. The van der Waals surface area contributed by atoms with E-state index in [1.54, 1.807) is 12.1 Å². The van der Waals surface area contributed by atoms with Crippen LogP contribution in [-0.2, 0) is 6.54 Å². The number of benzene rings is 1. The third-order valence-corrected chi connectivity index (χ3v) is 3.80. The Bertz CT molecular complexity index is 526. The summed E-state index contributed by atoms with van der Waals surface area (Å²) >= 11 is 1.51. The number of hydrogen-bond donors (Lipinski definition) is 2. The Morgan fingerprint density at radius 3 is 2.89 bits per heavy atom. The molecule has 0 spiro atoms. The van der Waals surface area contributed by atoms with Crippen LogP contribution >= 0.6 is 11.3 Å². The lowest BCUT2D eigenvalue weighted by atomic mass is 10.1. The summed E-state index contributed by atoms with van der Waals surface area (Å²) in [6.45, 7) is 2.91. The lowest BCUT2D eigenvalue weighted by molar-refractivity contribution is 0.254. The average Bonchev–Trinajstić information content (AvgIpc) is 2.73. The lowest BCUT2D eigenvalue weighted by Crippen LogP contribution is -2.21. The van der Waals surface area contributed by atoms with Gasteiger partial charge in [0.1, 0.15) is 5.75 Å². The molecule has 1 unspecified atom stereocenters. The lowest BCUT2D eigenvalue weighted by Gasteiger charge is -2.24. The summed E-state index contributed by atoms with van der Waals surface area (Å²) in [4.78, 5) is 7.38. The molecule has 0 amide bonds. The normalized spacial score (nSPS) is 12.8. The van der Waals surface area contributed by atoms with Crippen LogP contribution in [0.2, 0.25) is 0 Å². The summed E-state index contributed by atoms with van der Waals surface area (Å²) in [7, 11) is 2.05. The van der Waals surface area contributed by atoms with Gasteiger partial charge in [-0.3, -0.25) is 4.90 Å². The van der Waals surface area contributed by atoms with E-state index in [1.165, 1.54) is 11.3 Å². The molecule has 96 valence electrons. The van der Waals surface area contributed by atoms with Crippen LogP contribution in [0.5, 0.6) is 5.75 Å². The summed E-state index contributed by atoms with van der Waals surface area (Å²) < 4.78 is 0. The van der Waals surface area contributed by atoms with Crippen molar-refractivity contribution in [2.75, 3.05) is 12.8 Å². The van der Waals surface area contributed by atoms with Crippen molar-refractivity contribution in [1.29, 1.82) is 0 Å². The second kappa shape index (κ2) is 5.37. The van der Waals surface area contributed by atoms with Gasteiger partial charge in [0.25, 0.3) is 0 Å². The van der Waals surface area contributed by atoms with Gasteiger partial charge < -0.3 is 10.8 Å². The van der Waals surface area contributed by atoms with Crippen molar-refractivity contribution in [1.82, 2.24) is 9.88 Å². The molecule has 0 saturated heterocycles. The second-order valence-electron chi connectivity index (χ2n) is 4.35. The molecule has 0 aliphatic rings. The van der Waals surface area contributed by atoms with E-state index in [0.29, 0.717) is 10.9 Å². The highest BCUT2D eigenvalue weighted by molar-refractivity contribution is 7.15. The summed E-state index contributed by atoms with van der Waals surface area (Å²) in [5, 5.41) is 10.1. The van der Waals surface area contributed by atoms with E-state index < -0.39 is 0 Å². The minimum Gasteiger partial charge on any atom is -0.508 e. The highest BCUT2D eigenvalue weighted by Gasteiger charge is 2.13. The monoisotopic (exact) mass is 263 g/mol. The van der Waals surface area contributed by atoms with E-state index in [1.807, 2.05) is 25.4 Å². The van der Waals surface area contributed by atoms with E-state index in [2.05, 4.69) is 16.8 Å². The van der Waals surface area contributed by atoms with Crippen molar-refractivity contribution in [3.8, 4) is 5.75 Å². The zero-order chi connectivity index (χ0) is 13.1. The highest BCUT2D eigenvalue weighted by Crippen LogP contribution is 2.25. The minimum absolute atomic E-state index is 0.223. The number of phenolic OH excluding ortho intramolecular Hbond substituents is 1. The van der Waals surface area contributed by atoms with Gasteiger partial charge in [-0.1, -0.05) is 12.1 Å². The Labute approximate surface area is 111 Å². The number of hydrogen-bond acceptors (Lipinski definition) is 5. The molecule has 0 aliphatic carbocycles. The molecule has 0 aliphatic heterocycles. The zero-order valence-corrected chi connectivity index (χ0v) is 11.3. The van der Waals surface area contributed by atoms with Gasteiger partial charge in [0.05, 0.1) is 0 Å². The van der Waals surface area contributed by atoms with Crippen molar-refractivity contribution in [3.63, 3.8) is 0 Å². The van der Waals surface area contributed by atoms with E-state index in [0.717, 1.165) is 17.0 Å². The second-order valence-corrected chi connectivity index (χ2v) is 5.50. The molecular formula is C13H17N3OS. The third kappa shape index (κ3) is 3.00. The molecule has 0 saturated carbocycles. The number of nitrogens with two attached hydrogens (primary N) is 1. The van der Waals surface area contributed by atoms with Gasteiger partial charge in [0, 0.05) is 23.7 Å². The van der Waals surface area contributed by atoms with Crippen LogP contribution in [0.4, 0.5) is 5.13 Å². The molecule has 5 heteroatoms. The fourth-order valence-corrected chi connectivity index (χ4v) is 2.57. The van der Waals surface area contributed by atoms with Gasteiger partial charge in [0.15, 0.2) is 5.13 Å². The van der Waals surface area contributed by atoms with Crippen molar-refractivity contribution in [2.45, 2.75) is 19.5 Å². The number of aromatic nitrogens is 1. The van der Waals surface area contributed by atoms with Gasteiger partial charge in [-0.05, 0) is 31.7 Å². The van der Waals surface area contributed by atoms with Crippen LogP contribution < -0.4 is 5.73 Å². The molecule has 18 heavy (non-hydrogen) atoms. The van der Waals surface area contributed by atoms with Gasteiger partial charge in [-0.15, -0.1) is 11.3 Å². The number of aromatic hydroxyl groups is 1. The molecule has 1 aromatic carbocycles. The fraction of sp³-hybridized carbons (Fsp3) is 0.308. The number of nitrogen functional groups attached to an aromatic ring is 1. The van der Waals surface area contributed by atoms with Crippen LogP contribution in [0.3, 0.4) is 0 Å². The number of anilines is 1. The van der Waals surface area contributed by atoms with E-state index in [-0.39, 0.29) is 6.04 Å². The van der Waals surface area contributed by atoms with E-state index >= 15 is 0 Å². The van der Waals surface area contributed by atoms with Gasteiger partial charge >= 0.3 is 0 Å². The molecule has 2 rings (SSSR count). The number of rotatable bonds is 4. The molecule has 1 heterocycles. The SMILES string of the molecule is CC(c1cccc(O)c1)N(C)Cc1cnc(N)s1. The molecule has 0 fully saturated rings. The topological polar surface area (TPSA) is 62.4 Å². The number of thiazole rings is 1. The molecule has 2 aromatic rings. The minimum atomic E-state index is 0.223. The molecule has 4 nitrogen and oxygen atoms in total. The van der Waals surface area contributed by atoms with Crippen molar-refractivity contribution in [3.05, 3.63) is 40.9 Å². The maximum absolute atomic E-state index is 9.49. The largest absolute Gasteiger partial charge is 0.508 e. The molecular weight excluding hydrogens is 246 g/mol. The van der Waals surface area contributed by atoms with Gasteiger partial charge in [0.2, 0.25) is 0 Å². The van der Waals surface area contributed by atoms with Crippen LogP contribution in [0, 0.1) is 0 Å². The summed E-state index contributed by atoms with van der Waals surface area (Å²) in [6, 6.07) is 7.57. The highest BCUT2D eigenvalue weighted by atomic mass is 32.1. The van der Waals surface area contributed by atoms with Gasteiger partial charge in [-0.2, -0.15) is 0 Å². The van der Waals surface area contributed by atoms with Crippen molar-refractivity contribution < 1.29 is 5.11 Å². The molecule has 1 atom stereocenters. The quantitative estimate of drug-likeness (QED) is 0.890. The summed E-state index contributed by atoms with van der Waals surface area (Å²) in [6.07, 6.45) is 1.81. The van der Waals surface area contributed by atoms with Crippen molar-refractivity contribution in [2.24, 2.45) is 0 Å². The standard InChI is InChI=1S/C13H17N3OS/c1-9(10-4-3-5-11(17)6-10)16(2)8-12-7-15-13(14)18-12/h3-7,9,17H,8H2,1-2H3,(H2,14,15). The molecule has 3 N–H and O–H groups in total. The Hall–Kier alpha value is -1.59. The maximum Gasteiger partial charge on any atom is 0.180 e. The Kier molecular flexibility index (Phi) is 3.84. The van der Waals surface area contributed by atoms with Crippen LogP contribution in [0.15, 0.2) is 30.5 Å². The average molecular weight is 263 g/mol. The molecule has 0 bridgehead atoms. The Balaban J connectivity index is 2.06. The summed E-state index contributed by atoms with van der Waals surface area (Å²) in [5.41, 5.74) is 6.71. The first-order valence-electron chi connectivity index (χ1n) is 5.75. The maximum atomic E-state index is 9.49. The Morgan fingerprint density at radius 2 is 2.28 bits per heavy atom. The first-order valence-corrected chi connectivity index (χ1v) is 6.57. The van der Waals surface area contributed by atoms with E-state index in [4.69, 9.17) is 5.73 Å². The van der Waals surface area contributed by atoms with Crippen molar-refractivity contribution >= 4 is 16.5 Å². The number of nitrogens with zero attached hydrogens (tertiary/aromatic N) is 2. The predicted molar refractivity (Wildman–Crippen MR) is 74.5 cm³/mol. The van der Waals surface area contributed by atoms with Crippen LogP contribution in [0.1, 0.15) is 23.4 Å². The predicted octanol–water partition coefficient (Wildman–Crippen LogP) is 2.62. The van der Waals surface area contributed by atoms with Gasteiger partial charge in [-0.25, -0.2) is 4.98 Å². The first kappa shape index (κ1) is 12.9. The fourth-order valence-electron chi connectivity index (χ4n) is 1.82. The third-order valence-electron chi connectivity index (χ3n) is 2.99. The Morgan fingerprint density at radius 1 is 1.50 bits per heavy atom. The molecule has 1 aromatic heterocycles.